The fourth-order valence-corrected chi connectivity index (χ4v) is 3.05. The first-order valence-corrected chi connectivity index (χ1v) is 7.60. The monoisotopic (exact) mass is 400 g/mol. The fraction of sp³-hybridized carbons (Fsp3) is 0.200. The van der Waals surface area contributed by atoms with Gasteiger partial charge in [0.25, 0.3) is 0 Å². The molecule has 0 saturated heterocycles. The van der Waals surface area contributed by atoms with Crippen molar-refractivity contribution >= 4 is 38.5 Å². The first kappa shape index (κ1) is 13.1. The van der Waals surface area contributed by atoms with E-state index >= 15 is 0 Å². The molecule has 1 atom stereocenters. The standard InChI is InChI=1S/C15H14BrI/c1-11-5-2-3-6-12(11)10-15(16)13-7-4-8-14(17)9-13/h2-9,15H,10H2,1H3. The van der Waals surface area contributed by atoms with Gasteiger partial charge in [0.1, 0.15) is 0 Å². The Labute approximate surface area is 125 Å². The quantitative estimate of drug-likeness (QED) is 0.485. The summed E-state index contributed by atoms with van der Waals surface area (Å²) in [5, 5.41) is 0. The minimum atomic E-state index is 0.387. The number of aryl methyl sites for hydroxylation is 1. The highest BCUT2D eigenvalue weighted by Gasteiger charge is 2.09. The summed E-state index contributed by atoms with van der Waals surface area (Å²) in [4.78, 5) is 0.387. The number of alkyl halides is 1. The van der Waals surface area contributed by atoms with Crippen molar-refractivity contribution in [3.63, 3.8) is 0 Å². The van der Waals surface area contributed by atoms with Crippen LogP contribution in [0.25, 0.3) is 0 Å². The Hall–Kier alpha value is -0.350. The molecular formula is C15H14BrI. The third kappa shape index (κ3) is 3.55. The van der Waals surface area contributed by atoms with Crippen LogP contribution in [0, 0.1) is 10.5 Å². The lowest BCUT2D eigenvalue weighted by Crippen LogP contribution is -1.97. The lowest BCUT2D eigenvalue weighted by molar-refractivity contribution is 0.937. The third-order valence-electron chi connectivity index (χ3n) is 2.87. The van der Waals surface area contributed by atoms with Gasteiger partial charge < -0.3 is 0 Å². The maximum absolute atomic E-state index is 3.79. The molecule has 88 valence electrons. The first-order valence-electron chi connectivity index (χ1n) is 5.61. The van der Waals surface area contributed by atoms with Gasteiger partial charge in [0.2, 0.25) is 0 Å². The van der Waals surface area contributed by atoms with Crippen LogP contribution in [-0.2, 0) is 6.42 Å². The second-order valence-corrected chi connectivity index (χ2v) is 6.50. The third-order valence-corrected chi connectivity index (χ3v) is 4.39. The highest BCUT2D eigenvalue weighted by atomic mass is 127. The predicted molar refractivity (Wildman–Crippen MR) is 85.7 cm³/mol. The van der Waals surface area contributed by atoms with E-state index in [1.807, 2.05) is 0 Å². The summed E-state index contributed by atoms with van der Waals surface area (Å²) in [6, 6.07) is 17.2. The van der Waals surface area contributed by atoms with Gasteiger partial charge in [-0.25, -0.2) is 0 Å². The maximum atomic E-state index is 3.79. The van der Waals surface area contributed by atoms with E-state index in [-0.39, 0.29) is 0 Å². The summed E-state index contributed by atoms with van der Waals surface area (Å²) in [7, 11) is 0. The smallest absolute Gasteiger partial charge is 0.0436 e. The molecule has 1 unspecified atom stereocenters. The lowest BCUT2D eigenvalue weighted by Gasteiger charge is -2.12. The number of benzene rings is 2. The van der Waals surface area contributed by atoms with Crippen LogP contribution in [0.3, 0.4) is 0 Å². The van der Waals surface area contributed by atoms with E-state index in [1.165, 1.54) is 20.3 Å². The summed E-state index contributed by atoms with van der Waals surface area (Å²) >= 11 is 6.14. The molecule has 2 aromatic rings. The van der Waals surface area contributed by atoms with Gasteiger partial charge >= 0.3 is 0 Å². The topological polar surface area (TPSA) is 0 Å². The Morgan fingerprint density at radius 3 is 2.59 bits per heavy atom. The Morgan fingerprint density at radius 2 is 1.88 bits per heavy atom. The molecule has 0 fully saturated rings. The highest BCUT2D eigenvalue weighted by molar-refractivity contribution is 14.1. The van der Waals surface area contributed by atoms with Crippen molar-refractivity contribution in [1.82, 2.24) is 0 Å². The van der Waals surface area contributed by atoms with E-state index < -0.39 is 0 Å². The molecule has 17 heavy (non-hydrogen) atoms. The van der Waals surface area contributed by atoms with E-state index in [1.54, 1.807) is 0 Å². The second kappa shape index (κ2) is 6.01. The number of hydrogen-bond donors (Lipinski definition) is 0. The van der Waals surface area contributed by atoms with Crippen LogP contribution in [0.15, 0.2) is 48.5 Å². The van der Waals surface area contributed by atoms with Crippen molar-refractivity contribution in [2.75, 3.05) is 0 Å². The molecule has 0 aliphatic carbocycles. The van der Waals surface area contributed by atoms with Crippen LogP contribution in [-0.4, -0.2) is 0 Å². The molecule has 2 aromatic carbocycles. The van der Waals surface area contributed by atoms with Crippen molar-refractivity contribution in [1.29, 1.82) is 0 Å². The molecule has 0 saturated carbocycles. The summed E-state index contributed by atoms with van der Waals surface area (Å²) in [6.07, 6.45) is 1.03. The molecule has 0 radical (unpaired) electrons. The van der Waals surface area contributed by atoms with Crippen LogP contribution in [0.4, 0.5) is 0 Å². The Bertz CT molecular complexity index is 508. The predicted octanol–water partition coefficient (Wildman–Crippen LogP) is 5.28. The van der Waals surface area contributed by atoms with Gasteiger partial charge in [-0.1, -0.05) is 52.3 Å². The summed E-state index contributed by atoms with van der Waals surface area (Å²) in [5.74, 6) is 0. The van der Waals surface area contributed by atoms with Crippen LogP contribution < -0.4 is 0 Å². The van der Waals surface area contributed by atoms with Gasteiger partial charge in [0, 0.05) is 8.40 Å². The minimum absolute atomic E-state index is 0.387. The van der Waals surface area contributed by atoms with E-state index in [0.29, 0.717) is 4.83 Å². The zero-order chi connectivity index (χ0) is 12.3. The normalized spacial score (nSPS) is 12.4. The fourth-order valence-electron chi connectivity index (χ4n) is 1.85. The molecule has 0 amide bonds. The molecule has 2 rings (SSSR count). The molecule has 0 bridgehead atoms. The molecular weight excluding hydrogens is 387 g/mol. The highest BCUT2D eigenvalue weighted by Crippen LogP contribution is 2.28. The van der Waals surface area contributed by atoms with Crippen LogP contribution >= 0.6 is 38.5 Å². The van der Waals surface area contributed by atoms with Crippen molar-refractivity contribution in [2.45, 2.75) is 18.2 Å². The van der Waals surface area contributed by atoms with Gasteiger partial charge in [-0.15, -0.1) is 0 Å². The van der Waals surface area contributed by atoms with Crippen molar-refractivity contribution in [3.8, 4) is 0 Å². The van der Waals surface area contributed by atoms with Gasteiger partial charge in [0.05, 0.1) is 0 Å². The molecule has 0 aliphatic heterocycles. The number of halogens is 2. The molecule has 0 spiro atoms. The van der Waals surface area contributed by atoms with Crippen molar-refractivity contribution in [2.24, 2.45) is 0 Å². The first-order chi connectivity index (χ1) is 8.16. The Kier molecular flexibility index (Phi) is 4.62. The molecule has 0 heterocycles. The SMILES string of the molecule is Cc1ccccc1CC(Br)c1cccc(I)c1. The van der Waals surface area contributed by atoms with Crippen LogP contribution in [0.2, 0.25) is 0 Å². The van der Waals surface area contributed by atoms with E-state index in [4.69, 9.17) is 0 Å². The largest absolute Gasteiger partial charge is 0.0835 e. The number of hydrogen-bond acceptors (Lipinski definition) is 0. The molecule has 0 aliphatic rings. The van der Waals surface area contributed by atoms with Gasteiger partial charge in [-0.2, -0.15) is 0 Å². The Morgan fingerprint density at radius 1 is 1.12 bits per heavy atom. The summed E-state index contributed by atoms with van der Waals surface area (Å²) in [5.41, 5.74) is 4.12. The van der Waals surface area contributed by atoms with Crippen LogP contribution in [0.5, 0.6) is 0 Å². The molecule has 0 aromatic heterocycles. The second-order valence-electron chi connectivity index (χ2n) is 4.15. The summed E-state index contributed by atoms with van der Waals surface area (Å²) in [6.45, 7) is 2.17. The molecule has 0 N–H and O–H groups in total. The van der Waals surface area contributed by atoms with E-state index in [2.05, 4.69) is 94.0 Å². The Balaban J connectivity index is 2.17. The molecule has 2 heteroatoms. The zero-order valence-electron chi connectivity index (χ0n) is 9.66. The van der Waals surface area contributed by atoms with Crippen LogP contribution in [0.1, 0.15) is 21.5 Å². The summed E-state index contributed by atoms with van der Waals surface area (Å²) < 4.78 is 1.29. The average Bonchev–Trinajstić information content (AvgIpc) is 2.32. The maximum Gasteiger partial charge on any atom is 0.0436 e. The van der Waals surface area contributed by atoms with Gasteiger partial charge in [-0.05, 0) is 64.8 Å². The van der Waals surface area contributed by atoms with Gasteiger partial charge in [0.15, 0.2) is 0 Å². The lowest BCUT2D eigenvalue weighted by atomic mass is 10.0. The van der Waals surface area contributed by atoms with Crippen molar-refractivity contribution < 1.29 is 0 Å². The minimum Gasteiger partial charge on any atom is -0.0835 e. The van der Waals surface area contributed by atoms with Crippen molar-refractivity contribution in [3.05, 3.63) is 68.8 Å². The van der Waals surface area contributed by atoms with E-state index in [0.717, 1.165) is 6.42 Å². The van der Waals surface area contributed by atoms with Gasteiger partial charge in [-0.3, -0.25) is 0 Å². The van der Waals surface area contributed by atoms with E-state index in [9.17, 15) is 0 Å². The average molecular weight is 401 g/mol. The molecule has 0 nitrogen and oxygen atoms in total. The zero-order valence-corrected chi connectivity index (χ0v) is 13.4. The number of rotatable bonds is 3.